The Bertz CT molecular complexity index is 741. The summed E-state index contributed by atoms with van der Waals surface area (Å²) in [7, 11) is 3.44. The Morgan fingerprint density at radius 2 is 2.12 bits per heavy atom. The molecule has 1 aromatic heterocycles. The van der Waals surface area contributed by atoms with Gasteiger partial charge in [0.15, 0.2) is 0 Å². The molecule has 2 heterocycles. The molecule has 1 aromatic carbocycles. The quantitative estimate of drug-likeness (QED) is 0.857. The van der Waals surface area contributed by atoms with E-state index in [9.17, 15) is 14.7 Å². The highest BCUT2D eigenvalue weighted by atomic mass is 32.1. The summed E-state index contributed by atoms with van der Waals surface area (Å²) < 4.78 is 1.07. The summed E-state index contributed by atoms with van der Waals surface area (Å²) in [6.45, 7) is 1.35. The highest BCUT2D eigenvalue weighted by Gasteiger charge is 2.30. The number of aliphatic hydroxyl groups excluding tert-OH is 1. The van der Waals surface area contributed by atoms with Gasteiger partial charge >= 0.3 is 0 Å². The van der Waals surface area contributed by atoms with Gasteiger partial charge in [-0.2, -0.15) is 0 Å². The van der Waals surface area contributed by atoms with Crippen LogP contribution in [0.3, 0.4) is 0 Å². The number of thiophene rings is 1. The Balaban J connectivity index is 1.58. The average Bonchev–Trinajstić information content (AvgIpc) is 3.01. The number of benzene rings is 1. The zero-order valence-electron chi connectivity index (χ0n) is 14.4. The number of likely N-dealkylation sites (N-methyl/N-ethyl adjacent to an activating group) is 1. The van der Waals surface area contributed by atoms with Crippen LogP contribution in [0.4, 0.5) is 0 Å². The molecule has 0 bridgehead atoms. The highest BCUT2D eigenvalue weighted by molar-refractivity contribution is 7.20. The van der Waals surface area contributed by atoms with E-state index >= 15 is 0 Å². The summed E-state index contributed by atoms with van der Waals surface area (Å²) in [4.78, 5) is 28.4. The maximum Gasteiger partial charge on any atom is 0.261 e. The van der Waals surface area contributed by atoms with Gasteiger partial charge < -0.3 is 15.3 Å². The second-order valence-corrected chi connectivity index (χ2v) is 7.69. The van der Waals surface area contributed by atoms with E-state index in [4.69, 9.17) is 0 Å². The van der Waals surface area contributed by atoms with Crippen molar-refractivity contribution in [2.45, 2.75) is 18.6 Å². The third kappa shape index (κ3) is 4.18. The van der Waals surface area contributed by atoms with Gasteiger partial charge in [0.2, 0.25) is 5.91 Å². The van der Waals surface area contributed by atoms with Crippen molar-refractivity contribution in [3.05, 3.63) is 35.2 Å². The minimum absolute atomic E-state index is 0.0139. The Morgan fingerprint density at radius 3 is 2.80 bits per heavy atom. The van der Waals surface area contributed by atoms with E-state index in [0.29, 0.717) is 30.9 Å². The molecule has 0 radical (unpaired) electrons. The smallest absolute Gasteiger partial charge is 0.261 e. The van der Waals surface area contributed by atoms with E-state index in [1.807, 2.05) is 35.2 Å². The summed E-state index contributed by atoms with van der Waals surface area (Å²) in [5.41, 5.74) is 0. The molecule has 6 nitrogen and oxygen atoms in total. The molecule has 2 N–H and O–H groups in total. The second kappa shape index (κ2) is 7.51. The van der Waals surface area contributed by atoms with Crippen LogP contribution >= 0.6 is 11.3 Å². The number of nitrogens with one attached hydrogen (secondary N) is 1. The van der Waals surface area contributed by atoms with Gasteiger partial charge in [0.05, 0.1) is 23.6 Å². The Labute approximate surface area is 151 Å². The summed E-state index contributed by atoms with van der Waals surface area (Å²) in [6, 6.07) is 9.47. The van der Waals surface area contributed by atoms with E-state index in [1.54, 1.807) is 19.0 Å². The minimum atomic E-state index is -0.679. The van der Waals surface area contributed by atoms with E-state index in [0.717, 1.165) is 10.1 Å². The lowest BCUT2D eigenvalue weighted by molar-refractivity contribution is -0.130. The molecule has 2 amide bonds. The molecular weight excluding hydrogens is 338 g/mol. The topological polar surface area (TPSA) is 72.9 Å². The second-order valence-electron chi connectivity index (χ2n) is 6.61. The van der Waals surface area contributed by atoms with Crippen LogP contribution in [-0.2, 0) is 4.79 Å². The van der Waals surface area contributed by atoms with E-state index < -0.39 is 6.10 Å². The summed E-state index contributed by atoms with van der Waals surface area (Å²) in [6.07, 6.45) is -0.0551. The van der Waals surface area contributed by atoms with Crippen LogP contribution in [0.1, 0.15) is 16.1 Å². The molecule has 2 aromatic rings. The molecule has 1 aliphatic rings. The Morgan fingerprint density at radius 1 is 1.36 bits per heavy atom. The van der Waals surface area contributed by atoms with Gasteiger partial charge in [0.1, 0.15) is 0 Å². The van der Waals surface area contributed by atoms with Crippen molar-refractivity contribution < 1.29 is 14.7 Å². The number of rotatable bonds is 4. The van der Waals surface area contributed by atoms with Crippen molar-refractivity contribution in [3.63, 3.8) is 0 Å². The van der Waals surface area contributed by atoms with Crippen LogP contribution in [-0.4, -0.2) is 72.6 Å². The summed E-state index contributed by atoms with van der Waals surface area (Å²) in [5.74, 6) is -0.136. The third-order valence-electron chi connectivity index (χ3n) is 4.49. The third-order valence-corrected chi connectivity index (χ3v) is 5.60. The van der Waals surface area contributed by atoms with E-state index in [2.05, 4.69) is 5.32 Å². The number of β-amino-alcohol motifs (C(OH)–C–C–N with tert-alkyl or cyclic N) is 1. The number of piperidine rings is 1. The lowest BCUT2D eigenvalue weighted by atomic mass is 10.0. The van der Waals surface area contributed by atoms with Crippen molar-refractivity contribution in [2.24, 2.45) is 0 Å². The predicted octanol–water partition coefficient (Wildman–Crippen LogP) is 1.15. The van der Waals surface area contributed by atoms with Crippen molar-refractivity contribution in [3.8, 4) is 0 Å². The number of hydrogen-bond donors (Lipinski definition) is 2. The highest BCUT2D eigenvalue weighted by Crippen LogP contribution is 2.25. The lowest BCUT2D eigenvalue weighted by Gasteiger charge is -2.36. The van der Waals surface area contributed by atoms with Gasteiger partial charge in [0.25, 0.3) is 5.91 Å². The molecule has 3 rings (SSSR count). The first-order chi connectivity index (χ1) is 11.9. The van der Waals surface area contributed by atoms with E-state index in [1.165, 1.54) is 11.3 Å². The number of nitrogens with zero attached hydrogens (tertiary/aromatic N) is 2. The van der Waals surface area contributed by atoms with Gasteiger partial charge in [-0.3, -0.25) is 14.5 Å². The number of carbonyl (C=O) groups is 2. The zero-order chi connectivity index (χ0) is 18.0. The van der Waals surface area contributed by atoms with Gasteiger partial charge in [0, 0.05) is 31.9 Å². The first-order valence-corrected chi connectivity index (χ1v) is 9.15. The number of likely N-dealkylation sites (tertiary alicyclic amines) is 1. The largest absolute Gasteiger partial charge is 0.390 e. The van der Waals surface area contributed by atoms with Crippen LogP contribution in [0.15, 0.2) is 30.3 Å². The molecule has 0 spiro atoms. The van der Waals surface area contributed by atoms with Crippen LogP contribution in [0.2, 0.25) is 0 Å². The molecule has 25 heavy (non-hydrogen) atoms. The van der Waals surface area contributed by atoms with Gasteiger partial charge in [-0.1, -0.05) is 18.2 Å². The van der Waals surface area contributed by atoms with Gasteiger partial charge in [-0.25, -0.2) is 0 Å². The fraction of sp³-hybridized carbons (Fsp3) is 0.444. The Hall–Kier alpha value is -1.96. The summed E-state index contributed by atoms with van der Waals surface area (Å²) >= 11 is 1.45. The standard InChI is InChI=1S/C18H23N3O3S/c1-20(2)17(23)11-21-8-7-13(14(22)10-21)19-18(24)16-9-12-5-3-4-6-15(12)25-16/h3-6,9,13-14,22H,7-8,10-11H2,1-2H3,(H,19,24)/t13-,14-/m1/s1. The molecule has 0 unspecified atom stereocenters. The number of fused-ring (bicyclic) bond motifs is 1. The fourth-order valence-electron chi connectivity index (χ4n) is 2.98. The first-order valence-electron chi connectivity index (χ1n) is 8.34. The SMILES string of the molecule is CN(C)C(=O)CN1CC[C@@H](NC(=O)c2cc3ccccc3s2)[C@H](O)C1. The predicted molar refractivity (Wildman–Crippen MR) is 98.8 cm³/mol. The zero-order valence-corrected chi connectivity index (χ0v) is 15.3. The van der Waals surface area contributed by atoms with Gasteiger partial charge in [-0.15, -0.1) is 11.3 Å². The number of hydrogen-bond acceptors (Lipinski definition) is 5. The van der Waals surface area contributed by atoms with Crippen LogP contribution < -0.4 is 5.32 Å². The molecule has 2 atom stereocenters. The fourth-order valence-corrected chi connectivity index (χ4v) is 3.94. The minimum Gasteiger partial charge on any atom is -0.390 e. The maximum atomic E-state index is 12.5. The van der Waals surface area contributed by atoms with Crippen LogP contribution in [0.25, 0.3) is 10.1 Å². The van der Waals surface area contributed by atoms with Crippen molar-refractivity contribution in [2.75, 3.05) is 33.7 Å². The lowest BCUT2D eigenvalue weighted by Crippen LogP contribution is -2.55. The molecular formula is C18H23N3O3S. The number of aliphatic hydroxyl groups is 1. The molecule has 7 heteroatoms. The molecule has 1 fully saturated rings. The average molecular weight is 361 g/mol. The molecule has 1 aliphatic heterocycles. The van der Waals surface area contributed by atoms with Crippen molar-refractivity contribution in [1.29, 1.82) is 0 Å². The normalized spacial score (nSPS) is 21.2. The number of amides is 2. The first kappa shape index (κ1) is 17.8. The van der Waals surface area contributed by atoms with E-state index in [-0.39, 0.29) is 17.9 Å². The van der Waals surface area contributed by atoms with Gasteiger partial charge in [-0.05, 0) is 23.9 Å². The monoisotopic (exact) mass is 361 g/mol. The van der Waals surface area contributed by atoms with Crippen LogP contribution in [0.5, 0.6) is 0 Å². The maximum absolute atomic E-state index is 12.5. The summed E-state index contributed by atoms with van der Waals surface area (Å²) in [5, 5.41) is 14.3. The molecule has 0 saturated carbocycles. The van der Waals surface area contributed by atoms with Crippen molar-refractivity contribution in [1.82, 2.24) is 15.1 Å². The van der Waals surface area contributed by atoms with Crippen LogP contribution in [0, 0.1) is 0 Å². The van der Waals surface area contributed by atoms with Crippen molar-refractivity contribution >= 4 is 33.2 Å². The molecule has 134 valence electrons. The molecule has 1 saturated heterocycles. The number of carbonyl (C=O) groups excluding carboxylic acids is 2. The molecule has 0 aliphatic carbocycles. The Kier molecular flexibility index (Phi) is 5.36.